The maximum atomic E-state index is 13.0. The largest absolute Gasteiger partial charge is 0.494 e. The molecule has 216 valence electrons. The Kier molecular flexibility index (Phi) is 12.9. The highest BCUT2D eigenvalue weighted by atomic mass is 31.2. The summed E-state index contributed by atoms with van der Waals surface area (Å²) in [6.07, 6.45) is 8.13. The smallest absolute Gasteiger partial charge is 0.328 e. The van der Waals surface area contributed by atoms with Crippen LogP contribution in [0, 0.1) is 0 Å². The van der Waals surface area contributed by atoms with Crippen LogP contribution in [0.4, 0.5) is 5.69 Å². The van der Waals surface area contributed by atoms with Crippen LogP contribution in [0.5, 0.6) is 5.75 Å². The van der Waals surface area contributed by atoms with E-state index in [-0.39, 0.29) is 18.2 Å². The van der Waals surface area contributed by atoms with Gasteiger partial charge in [0.25, 0.3) is 5.91 Å². The Morgan fingerprint density at radius 2 is 1.50 bits per heavy atom. The Labute approximate surface area is 239 Å². The first-order valence-corrected chi connectivity index (χ1v) is 16.3. The predicted molar refractivity (Wildman–Crippen MR) is 164 cm³/mol. The van der Waals surface area contributed by atoms with Gasteiger partial charge < -0.3 is 19.5 Å². The zero-order chi connectivity index (χ0) is 28.8. The maximum Gasteiger partial charge on any atom is 0.328 e. The average Bonchev–Trinajstić information content (AvgIpc) is 2.96. The molecule has 1 amide bonds. The fraction of sp³-hybridized carbons (Fsp3) is 0.424. The molecule has 2 atom stereocenters. The van der Waals surface area contributed by atoms with Crippen molar-refractivity contribution >= 4 is 19.2 Å². The summed E-state index contributed by atoms with van der Waals surface area (Å²) < 4.78 is 23.6. The van der Waals surface area contributed by atoms with Crippen molar-refractivity contribution in [1.29, 1.82) is 0 Å². The molecule has 0 bridgehead atoms. The minimum atomic E-state index is -3.71. The van der Waals surface area contributed by atoms with Gasteiger partial charge in [0, 0.05) is 11.3 Å². The molecule has 0 radical (unpaired) electrons. The van der Waals surface area contributed by atoms with E-state index in [4.69, 9.17) is 9.26 Å². The van der Waals surface area contributed by atoms with Gasteiger partial charge in [-0.25, -0.2) is 0 Å². The number of carbonyl (C=O) groups excluding carboxylic acids is 1. The molecule has 2 unspecified atom stereocenters. The number of carbonyl (C=O) groups is 1. The molecular weight excluding hydrogens is 521 g/mol. The minimum absolute atomic E-state index is 0.0121. The van der Waals surface area contributed by atoms with E-state index in [2.05, 4.69) is 12.2 Å². The van der Waals surface area contributed by atoms with E-state index < -0.39 is 7.60 Å². The van der Waals surface area contributed by atoms with E-state index in [0.29, 0.717) is 24.1 Å². The van der Waals surface area contributed by atoms with Crippen molar-refractivity contribution < 1.29 is 23.5 Å². The molecule has 0 aliphatic rings. The summed E-state index contributed by atoms with van der Waals surface area (Å²) in [7, 11) is -3.71. The molecule has 0 fully saturated rings. The third kappa shape index (κ3) is 10.6. The molecule has 6 nitrogen and oxygen atoms in total. The molecule has 40 heavy (non-hydrogen) atoms. The maximum absolute atomic E-state index is 13.0. The number of nitrogens with one attached hydrogen (secondary N) is 1. The van der Waals surface area contributed by atoms with Gasteiger partial charge in [0.1, 0.15) is 5.75 Å². The molecule has 0 saturated carbocycles. The number of aryl methyl sites for hydroxylation is 1. The Balaban J connectivity index is 1.53. The SMILES string of the molecule is CCCCCCCCOc1ccc(-c2ccc(C(=O)Nc3ccccc3CCP(=O)(O)OC(C)CC)cc2)cc1. The second-order valence-corrected chi connectivity index (χ2v) is 12.2. The number of anilines is 1. The molecule has 0 saturated heterocycles. The molecule has 3 rings (SSSR count). The van der Waals surface area contributed by atoms with E-state index in [0.717, 1.165) is 35.5 Å². The molecule has 0 spiro atoms. The van der Waals surface area contributed by atoms with E-state index >= 15 is 0 Å². The van der Waals surface area contributed by atoms with Crippen LogP contribution < -0.4 is 10.1 Å². The van der Waals surface area contributed by atoms with E-state index in [1.807, 2.05) is 61.5 Å². The monoisotopic (exact) mass is 565 g/mol. The number of ether oxygens (including phenoxy) is 1. The quantitative estimate of drug-likeness (QED) is 0.126. The van der Waals surface area contributed by atoms with E-state index in [1.54, 1.807) is 25.1 Å². The summed E-state index contributed by atoms with van der Waals surface area (Å²) in [5.41, 5.74) is 4.01. The third-order valence-corrected chi connectivity index (χ3v) is 8.43. The number of amides is 1. The molecule has 0 aliphatic heterocycles. The first-order valence-electron chi connectivity index (χ1n) is 14.5. The number of hydrogen-bond donors (Lipinski definition) is 2. The average molecular weight is 566 g/mol. The standard InChI is InChI=1S/C33H44NO5P/c1-4-6-7-8-9-12-24-38-31-21-19-28(20-22-31)27-15-17-30(18-16-27)33(35)34-32-14-11-10-13-29(32)23-25-40(36,37)39-26(3)5-2/h10-11,13-22,26H,4-9,12,23-25H2,1-3H3,(H,34,35)(H,36,37). The Bertz CT molecular complexity index is 1230. The first kappa shape index (κ1) is 31.6. The lowest BCUT2D eigenvalue weighted by molar-refractivity contribution is 0.102. The summed E-state index contributed by atoms with van der Waals surface area (Å²) in [4.78, 5) is 23.2. The van der Waals surface area contributed by atoms with Gasteiger partial charge in [-0.3, -0.25) is 9.36 Å². The highest BCUT2D eigenvalue weighted by Gasteiger charge is 2.22. The first-order chi connectivity index (χ1) is 19.3. The molecule has 7 heteroatoms. The van der Waals surface area contributed by atoms with Gasteiger partial charge in [-0.05, 0) is 73.2 Å². The lowest BCUT2D eigenvalue weighted by Gasteiger charge is -2.17. The Hall–Kier alpha value is -2.92. The van der Waals surface area contributed by atoms with Crippen LogP contribution in [0.25, 0.3) is 11.1 Å². The van der Waals surface area contributed by atoms with E-state index in [1.165, 1.54) is 32.1 Å². The second-order valence-electron chi connectivity index (χ2n) is 10.3. The van der Waals surface area contributed by atoms with Gasteiger partial charge in [-0.15, -0.1) is 0 Å². The zero-order valence-corrected chi connectivity index (χ0v) is 25.0. The number of para-hydroxylation sites is 1. The van der Waals surface area contributed by atoms with Crippen molar-refractivity contribution in [2.45, 2.75) is 78.2 Å². The molecule has 0 aromatic heterocycles. The van der Waals surface area contributed by atoms with Gasteiger partial charge in [-0.1, -0.05) is 88.4 Å². The molecular formula is C33H44NO5P. The van der Waals surface area contributed by atoms with Crippen molar-refractivity contribution in [2.75, 3.05) is 18.1 Å². The second kappa shape index (κ2) is 16.4. The van der Waals surface area contributed by atoms with Crippen LogP contribution in [-0.4, -0.2) is 29.7 Å². The van der Waals surface area contributed by atoms with Crippen molar-refractivity contribution in [3.63, 3.8) is 0 Å². The van der Waals surface area contributed by atoms with Gasteiger partial charge >= 0.3 is 7.60 Å². The van der Waals surface area contributed by atoms with Crippen LogP contribution in [0.3, 0.4) is 0 Å². The fourth-order valence-electron chi connectivity index (χ4n) is 4.35. The summed E-state index contributed by atoms with van der Waals surface area (Å²) in [6, 6.07) is 22.9. The van der Waals surface area contributed by atoms with Gasteiger partial charge in [0.15, 0.2) is 0 Å². The number of hydrogen-bond acceptors (Lipinski definition) is 4. The normalized spacial score (nSPS) is 13.4. The predicted octanol–water partition coefficient (Wildman–Crippen LogP) is 8.89. The van der Waals surface area contributed by atoms with Gasteiger partial charge in [0.05, 0.1) is 18.9 Å². The summed E-state index contributed by atoms with van der Waals surface area (Å²) >= 11 is 0. The number of unbranched alkanes of at least 4 members (excludes halogenated alkanes) is 5. The van der Waals surface area contributed by atoms with Crippen LogP contribution in [0.15, 0.2) is 72.8 Å². The number of rotatable bonds is 17. The lowest BCUT2D eigenvalue weighted by atomic mass is 10.0. The van der Waals surface area contributed by atoms with Crippen LogP contribution in [-0.2, 0) is 15.5 Å². The van der Waals surface area contributed by atoms with Crippen molar-refractivity contribution in [1.82, 2.24) is 0 Å². The van der Waals surface area contributed by atoms with Gasteiger partial charge in [0.2, 0.25) is 0 Å². The van der Waals surface area contributed by atoms with E-state index in [9.17, 15) is 14.3 Å². The molecule has 3 aromatic rings. The highest BCUT2D eigenvalue weighted by Crippen LogP contribution is 2.44. The molecule has 2 N–H and O–H groups in total. The topological polar surface area (TPSA) is 84.9 Å². The van der Waals surface area contributed by atoms with Crippen LogP contribution in [0.2, 0.25) is 0 Å². The molecule has 3 aromatic carbocycles. The summed E-state index contributed by atoms with van der Waals surface area (Å²) in [5, 5.41) is 2.95. The van der Waals surface area contributed by atoms with Crippen LogP contribution in [0.1, 0.15) is 81.6 Å². The van der Waals surface area contributed by atoms with Crippen molar-refractivity contribution in [3.8, 4) is 16.9 Å². The number of benzene rings is 3. The third-order valence-electron chi connectivity index (χ3n) is 6.95. The van der Waals surface area contributed by atoms with Crippen molar-refractivity contribution in [3.05, 3.63) is 83.9 Å². The Morgan fingerprint density at radius 1 is 0.875 bits per heavy atom. The molecule has 0 heterocycles. The summed E-state index contributed by atoms with van der Waals surface area (Å²) in [5.74, 6) is 0.636. The van der Waals surface area contributed by atoms with Crippen molar-refractivity contribution in [2.24, 2.45) is 0 Å². The lowest BCUT2D eigenvalue weighted by Crippen LogP contribution is -2.14. The summed E-state index contributed by atoms with van der Waals surface area (Å²) in [6.45, 7) is 6.66. The highest BCUT2D eigenvalue weighted by molar-refractivity contribution is 7.52. The molecule has 0 aliphatic carbocycles. The van der Waals surface area contributed by atoms with Crippen LogP contribution >= 0.6 is 7.60 Å². The Morgan fingerprint density at radius 3 is 2.17 bits per heavy atom. The minimum Gasteiger partial charge on any atom is -0.494 e. The fourth-order valence-corrected chi connectivity index (χ4v) is 5.70. The van der Waals surface area contributed by atoms with Gasteiger partial charge in [-0.2, -0.15) is 0 Å². The zero-order valence-electron chi connectivity index (χ0n) is 24.1.